The van der Waals surface area contributed by atoms with Crippen molar-refractivity contribution in [2.24, 2.45) is 0 Å². The van der Waals surface area contributed by atoms with Gasteiger partial charge in [0.15, 0.2) is 5.79 Å². The standard InChI is InChI=1S/C17H22N2O3/c1-20-15-13(11-18)5-3-6-14(15)12-19-16-7-4-8-17(16,21-2)22-10-9-16/h3,5-6,19H,4,7-10,12H2,1-2H3/t16-,17+/m0/s1. The van der Waals surface area contributed by atoms with E-state index in [2.05, 4.69) is 11.4 Å². The molecule has 3 rings (SSSR count). The molecule has 2 fully saturated rings. The van der Waals surface area contributed by atoms with Gasteiger partial charge in [-0.15, -0.1) is 0 Å². The first kappa shape index (κ1) is 15.3. The van der Waals surface area contributed by atoms with Crippen LogP contribution >= 0.6 is 0 Å². The predicted octanol–water partition coefficient (Wildman–Crippen LogP) is 2.34. The van der Waals surface area contributed by atoms with E-state index >= 15 is 0 Å². The molecule has 0 spiro atoms. The number of benzene rings is 1. The maximum absolute atomic E-state index is 9.19. The maximum Gasteiger partial charge on any atom is 0.186 e. The average molecular weight is 302 g/mol. The maximum atomic E-state index is 9.19. The molecule has 5 nitrogen and oxygen atoms in total. The first-order valence-electron chi connectivity index (χ1n) is 7.70. The second kappa shape index (κ2) is 5.88. The average Bonchev–Trinajstić information content (AvgIpc) is 3.07. The fraction of sp³-hybridized carbons (Fsp3) is 0.588. The van der Waals surface area contributed by atoms with Crippen LogP contribution < -0.4 is 10.1 Å². The molecule has 118 valence electrons. The van der Waals surface area contributed by atoms with Crippen LogP contribution in [0, 0.1) is 11.3 Å². The molecule has 1 N–H and O–H groups in total. The summed E-state index contributed by atoms with van der Waals surface area (Å²) >= 11 is 0. The second-order valence-electron chi connectivity index (χ2n) is 5.95. The van der Waals surface area contributed by atoms with Gasteiger partial charge in [0.05, 0.1) is 24.8 Å². The minimum Gasteiger partial charge on any atom is -0.495 e. The molecule has 0 bridgehead atoms. The van der Waals surface area contributed by atoms with Gasteiger partial charge in [-0.05, 0) is 25.3 Å². The Morgan fingerprint density at radius 3 is 2.91 bits per heavy atom. The Kier molecular flexibility index (Phi) is 4.09. The van der Waals surface area contributed by atoms with E-state index in [4.69, 9.17) is 14.2 Å². The lowest BCUT2D eigenvalue weighted by atomic mass is 9.90. The summed E-state index contributed by atoms with van der Waals surface area (Å²) in [5, 5.41) is 12.8. The molecule has 1 heterocycles. The largest absolute Gasteiger partial charge is 0.495 e. The Hall–Kier alpha value is -1.61. The van der Waals surface area contributed by atoms with Crippen molar-refractivity contribution in [1.29, 1.82) is 5.26 Å². The van der Waals surface area contributed by atoms with Gasteiger partial charge in [0.25, 0.3) is 0 Å². The third kappa shape index (κ3) is 2.19. The summed E-state index contributed by atoms with van der Waals surface area (Å²) in [6.45, 7) is 1.35. The quantitative estimate of drug-likeness (QED) is 0.904. The highest BCUT2D eigenvalue weighted by atomic mass is 16.7. The normalized spacial score (nSPS) is 30.0. The highest BCUT2D eigenvalue weighted by Gasteiger charge is 2.59. The lowest BCUT2D eigenvalue weighted by Gasteiger charge is -2.38. The van der Waals surface area contributed by atoms with Gasteiger partial charge in [-0.3, -0.25) is 0 Å². The summed E-state index contributed by atoms with van der Waals surface area (Å²) in [4.78, 5) is 0. The summed E-state index contributed by atoms with van der Waals surface area (Å²) < 4.78 is 17.1. The number of hydrogen-bond donors (Lipinski definition) is 1. The summed E-state index contributed by atoms with van der Waals surface area (Å²) in [5.41, 5.74) is 1.40. The van der Waals surface area contributed by atoms with E-state index in [9.17, 15) is 5.26 Å². The third-order valence-corrected chi connectivity index (χ3v) is 5.07. The molecule has 2 atom stereocenters. The van der Waals surface area contributed by atoms with Crippen LogP contribution in [0.1, 0.15) is 36.8 Å². The summed E-state index contributed by atoms with van der Waals surface area (Å²) in [6, 6.07) is 7.82. The summed E-state index contributed by atoms with van der Waals surface area (Å²) in [7, 11) is 3.33. The molecule has 0 amide bonds. The molecule has 1 aliphatic carbocycles. The van der Waals surface area contributed by atoms with Crippen LogP contribution in [-0.4, -0.2) is 32.2 Å². The van der Waals surface area contributed by atoms with Gasteiger partial charge < -0.3 is 19.5 Å². The van der Waals surface area contributed by atoms with Gasteiger partial charge in [-0.1, -0.05) is 12.1 Å². The molecule has 1 aromatic rings. The van der Waals surface area contributed by atoms with Crippen LogP contribution in [0.15, 0.2) is 18.2 Å². The molecule has 0 aromatic heterocycles. The van der Waals surface area contributed by atoms with Crippen LogP contribution in [0.25, 0.3) is 0 Å². The smallest absolute Gasteiger partial charge is 0.186 e. The SMILES string of the molecule is COc1c(C#N)cccc1CN[C@]12CCC[C@@]1(OC)OCC2. The molecule has 1 saturated heterocycles. The zero-order valence-corrected chi connectivity index (χ0v) is 13.1. The molecule has 1 saturated carbocycles. The molecule has 5 heteroatoms. The Balaban J connectivity index is 1.83. The number of hydrogen-bond acceptors (Lipinski definition) is 5. The van der Waals surface area contributed by atoms with Crippen molar-refractivity contribution in [2.75, 3.05) is 20.8 Å². The summed E-state index contributed by atoms with van der Waals surface area (Å²) in [6.07, 6.45) is 4.00. The number of fused-ring (bicyclic) bond motifs is 1. The molecule has 0 unspecified atom stereocenters. The van der Waals surface area contributed by atoms with Gasteiger partial charge in [0, 0.05) is 25.6 Å². The van der Waals surface area contributed by atoms with E-state index in [-0.39, 0.29) is 5.54 Å². The second-order valence-corrected chi connectivity index (χ2v) is 5.95. The zero-order chi connectivity index (χ0) is 15.6. The van der Waals surface area contributed by atoms with Gasteiger partial charge in [-0.2, -0.15) is 5.26 Å². The number of para-hydroxylation sites is 1. The van der Waals surface area contributed by atoms with E-state index < -0.39 is 5.79 Å². The number of rotatable bonds is 5. The zero-order valence-electron chi connectivity index (χ0n) is 13.1. The van der Waals surface area contributed by atoms with Crippen LogP contribution in [0.5, 0.6) is 5.75 Å². The van der Waals surface area contributed by atoms with Gasteiger partial charge in [0.2, 0.25) is 0 Å². The van der Waals surface area contributed by atoms with Gasteiger partial charge in [-0.25, -0.2) is 0 Å². The lowest BCUT2D eigenvalue weighted by Crippen LogP contribution is -2.57. The van der Waals surface area contributed by atoms with Crippen molar-refractivity contribution >= 4 is 0 Å². The van der Waals surface area contributed by atoms with Gasteiger partial charge in [0.1, 0.15) is 11.8 Å². The number of methoxy groups -OCH3 is 2. The number of ether oxygens (including phenoxy) is 3. The van der Waals surface area contributed by atoms with Crippen molar-refractivity contribution in [1.82, 2.24) is 5.32 Å². The van der Waals surface area contributed by atoms with Crippen LogP contribution in [0.2, 0.25) is 0 Å². The van der Waals surface area contributed by atoms with E-state index in [1.165, 1.54) is 0 Å². The van der Waals surface area contributed by atoms with Crippen LogP contribution in [0.3, 0.4) is 0 Å². The first-order valence-corrected chi connectivity index (χ1v) is 7.70. The topological polar surface area (TPSA) is 63.5 Å². The minimum absolute atomic E-state index is 0.143. The molecule has 2 aliphatic rings. The van der Waals surface area contributed by atoms with Crippen molar-refractivity contribution in [3.63, 3.8) is 0 Å². The highest BCUT2D eigenvalue weighted by molar-refractivity contribution is 5.48. The molecular weight excluding hydrogens is 280 g/mol. The highest BCUT2D eigenvalue weighted by Crippen LogP contribution is 2.49. The molecule has 0 radical (unpaired) electrons. The lowest BCUT2D eigenvalue weighted by molar-refractivity contribution is -0.216. The van der Waals surface area contributed by atoms with Crippen LogP contribution in [0.4, 0.5) is 0 Å². The fourth-order valence-electron chi connectivity index (χ4n) is 3.95. The van der Waals surface area contributed by atoms with Crippen molar-refractivity contribution in [3.05, 3.63) is 29.3 Å². The van der Waals surface area contributed by atoms with Crippen LogP contribution in [-0.2, 0) is 16.0 Å². The van der Waals surface area contributed by atoms with Crippen molar-refractivity contribution < 1.29 is 14.2 Å². The fourth-order valence-corrected chi connectivity index (χ4v) is 3.95. The van der Waals surface area contributed by atoms with Crippen molar-refractivity contribution in [3.8, 4) is 11.8 Å². The molecule has 1 aromatic carbocycles. The van der Waals surface area contributed by atoms with E-state index in [0.717, 1.165) is 37.9 Å². The minimum atomic E-state index is -0.507. The third-order valence-electron chi connectivity index (χ3n) is 5.07. The monoisotopic (exact) mass is 302 g/mol. The predicted molar refractivity (Wildman–Crippen MR) is 81.4 cm³/mol. The van der Waals surface area contributed by atoms with E-state index in [0.29, 0.717) is 17.9 Å². The molecule has 22 heavy (non-hydrogen) atoms. The number of nitrogens with one attached hydrogen (secondary N) is 1. The Morgan fingerprint density at radius 1 is 1.32 bits per heavy atom. The van der Waals surface area contributed by atoms with Crippen molar-refractivity contribution in [2.45, 2.75) is 43.6 Å². The van der Waals surface area contributed by atoms with E-state index in [1.54, 1.807) is 20.3 Å². The Bertz CT molecular complexity index is 584. The summed E-state index contributed by atoms with van der Waals surface area (Å²) in [5.74, 6) is 0.140. The first-order chi connectivity index (χ1) is 10.7. The Morgan fingerprint density at radius 2 is 2.18 bits per heavy atom. The number of nitrogens with zero attached hydrogens (tertiary/aromatic N) is 1. The number of nitriles is 1. The molecular formula is C17H22N2O3. The molecule has 1 aliphatic heterocycles. The van der Waals surface area contributed by atoms with E-state index in [1.807, 2.05) is 12.1 Å². The Labute approximate surface area is 131 Å². The van der Waals surface area contributed by atoms with Gasteiger partial charge >= 0.3 is 0 Å².